The SMILES string of the molecule is COc1ccccc1Nc1ncnc(N2CCN(Cc3ccc4c(c3)OCO4)CC2)c1N. The van der Waals surface area contributed by atoms with Gasteiger partial charge in [-0.2, -0.15) is 0 Å². The first-order valence-electron chi connectivity index (χ1n) is 10.6. The Morgan fingerprint density at radius 1 is 1.03 bits per heavy atom. The number of para-hydroxylation sites is 2. The first-order chi connectivity index (χ1) is 15.7. The van der Waals surface area contributed by atoms with Gasteiger partial charge in [-0.05, 0) is 29.8 Å². The number of rotatable bonds is 6. The summed E-state index contributed by atoms with van der Waals surface area (Å²) >= 11 is 0. The van der Waals surface area contributed by atoms with Crippen molar-refractivity contribution in [2.45, 2.75) is 6.54 Å². The van der Waals surface area contributed by atoms with Crippen LogP contribution in [-0.2, 0) is 6.54 Å². The molecule has 166 valence electrons. The lowest BCUT2D eigenvalue weighted by Gasteiger charge is -2.36. The molecule has 2 aromatic carbocycles. The van der Waals surface area contributed by atoms with Crippen molar-refractivity contribution in [2.24, 2.45) is 0 Å². The highest BCUT2D eigenvalue weighted by molar-refractivity contribution is 5.79. The summed E-state index contributed by atoms with van der Waals surface area (Å²) < 4.78 is 16.3. The Kier molecular flexibility index (Phi) is 5.55. The third-order valence-corrected chi connectivity index (χ3v) is 5.74. The largest absolute Gasteiger partial charge is 0.495 e. The summed E-state index contributed by atoms with van der Waals surface area (Å²) in [4.78, 5) is 13.4. The van der Waals surface area contributed by atoms with E-state index in [4.69, 9.17) is 19.9 Å². The second-order valence-corrected chi connectivity index (χ2v) is 7.74. The molecule has 9 nitrogen and oxygen atoms in total. The molecule has 0 unspecified atom stereocenters. The molecular formula is C23H26N6O3. The average Bonchev–Trinajstić information content (AvgIpc) is 3.29. The molecule has 3 N–H and O–H groups in total. The molecule has 0 radical (unpaired) electrons. The predicted molar refractivity (Wildman–Crippen MR) is 123 cm³/mol. The van der Waals surface area contributed by atoms with Gasteiger partial charge in [-0.1, -0.05) is 18.2 Å². The standard InChI is InChI=1S/C23H26N6O3/c1-30-18-5-3-2-4-17(18)27-22-21(24)23(26-14-25-22)29-10-8-28(9-11-29)13-16-6-7-19-20(12-16)32-15-31-19/h2-7,12,14H,8-11,13,15,24H2,1H3,(H,25,26,27). The molecule has 3 aromatic rings. The van der Waals surface area contributed by atoms with E-state index in [0.717, 1.165) is 61.5 Å². The van der Waals surface area contributed by atoms with Crippen LogP contribution < -0.4 is 30.2 Å². The van der Waals surface area contributed by atoms with E-state index >= 15 is 0 Å². The van der Waals surface area contributed by atoms with Crippen molar-refractivity contribution >= 4 is 23.0 Å². The molecule has 0 saturated carbocycles. The first-order valence-corrected chi connectivity index (χ1v) is 10.6. The van der Waals surface area contributed by atoms with E-state index in [-0.39, 0.29) is 0 Å². The highest BCUT2D eigenvalue weighted by Crippen LogP contribution is 2.34. The van der Waals surface area contributed by atoms with E-state index in [1.54, 1.807) is 13.4 Å². The molecule has 1 saturated heterocycles. The zero-order valence-corrected chi connectivity index (χ0v) is 18.0. The highest BCUT2D eigenvalue weighted by Gasteiger charge is 2.22. The second kappa shape index (κ2) is 8.80. The number of nitrogens with one attached hydrogen (secondary N) is 1. The molecule has 32 heavy (non-hydrogen) atoms. The number of nitrogens with two attached hydrogens (primary N) is 1. The van der Waals surface area contributed by atoms with Crippen LogP contribution in [0.15, 0.2) is 48.8 Å². The van der Waals surface area contributed by atoms with E-state index in [1.807, 2.05) is 30.3 Å². The Balaban J connectivity index is 1.24. The van der Waals surface area contributed by atoms with Crippen LogP contribution in [0.3, 0.4) is 0 Å². The van der Waals surface area contributed by atoms with Crippen molar-refractivity contribution in [1.82, 2.24) is 14.9 Å². The maximum atomic E-state index is 6.45. The van der Waals surface area contributed by atoms with E-state index in [2.05, 4.69) is 37.2 Å². The van der Waals surface area contributed by atoms with Crippen molar-refractivity contribution in [3.63, 3.8) is 0 Å². The fourth-order valence-corrected chi connectivity index (χ4v) is 4.03. The minimum Gasteiger partial charge on any atom is -0.495 e. The lowest BCUT2D eigenvalue weighted by atomic mass is 10.1. The van der Waals surface area contributed by atoms with Crippen LogP contribution >= 0.6 is 0 Å². The number of hydrogen-bond donors (Lipinski definition) is 2. The monoisotopic (exact) mass is 434 g/mol. The molecule has 9 heteroatoms. The van der Waals surface area contributed by atoms with Crippen LogP contribution in [0.5, 0.6) is 17.2 Å². The number of anilines is 4. The molecule has 0 atom stereocenters. The average molecular weight is 435 g/mol. The molecule has 3 heterocycles. The van der Waals surface area contributed by atoms with Gasteiger partial charge in [-0.15, -0.1) is 0 Å². The summed E-state index contributed by atoms with van der Waals surface area (Å²) in [6.45, 7) is 4.65. The Hall–Kier alpha value is -3.72. The Bertz CT molecular complexity index is 1100. The summed E-state index contributed by atoms with van der Waals surface area (Å²) in [6, 6.07) is 13.8. The molecule has 0 amide bonds. The Labute approximate surface area is 186 Å². The van der Waals surface area contributed by atoms with Crippen LogP contribution in [0, 0.1) is 0 Å². The predicted octanol–water partition coefficient (Wildman–Crippen LogP) is 2.86. The minimum atomic E-state index is 0.297. The van der Waals surface area contributed by atoms with E-state index in [9.17, 15) is 0 Å². The molecule has 1 aromatic heterocycles. The van der Waals surface area contributed by atoms with Crippen molar-refractivity contribution in [2.75, 3.05) is 56.0 Å². The van der Waals surface area contributed by atoms with Gasteiger partial charge in [0.15, 0.2) is 23.1 Å². The molecule has 1 fully saturated rings. The first kappa shape index (κ1) is 20.2. The fraction of sp³-hybridized carbons (Fsp3) is 0.304. The number of fused-ring (bicyclic) bond motifs is 1. The second-order valence-electron chi connectivity index (χ2n) is 7.74. The number of methoxy groups -OCH3 is 1. The molecule has 2 aliphatic heterocycles. The van der Waals surface area contributed by atoms with Crippen molar-refractivity contribution in [3.8, 4) is 17.2 Å². The van der Waals surface area contributed by atoms with Crippen LogP contribution in [0.4, 0.5) is 23.0 Å². The van der Waals surface area contributed by atoms with Gasteiger partial charge in [-0.3, -0.25) is 4.90 Å². The number of nitrogen functional groups attached to an aromatic ring is 1. The summed E-state index contributed by atoms with van der Waals surface area (Å²) in [7, 11) is 1.64. The molecule has 5 rings (SSSR count). The molecule has 2 aliphatic rings. The molecule has 0 aliphatic carbocycles. The van der Waals surface area contributed by atoms with Gasteiger partial charge in [0, 0.05) is 32.7 Å². The summed E-state index contributed by atoms with van der Waals surface area (Å²) in [5, 5.41) is 3.27. The van der Waals surface area contributed by atoms with E-state index < -0.39 is 0 Å². The van der Waals surface area contributed by atoms with Crippen molar-refractivity contribution in [1.29, 1.82) is 0 Å². The third kappa shape index (κ3) is 4.06. The number of nitrogens with zero attached hydrogens (tertiary/aromatic N) is 4. The van der Waals surface area contributed by atoms with Gasteiger partial charge >= 0.3 is 0 Å². The van der Waals surface area contributed by atoms with Crippen LogP contribution in [0.2, 0.25) is 0 Å². The van der Waals surface area contributed by atoms with Crippen molar-refractivity contribution < 1.29 is 14.2 Å². The van der Waals surface area contributed by atoms with E-state index in [0.29, 0.717) is 18.3 Å². The Morgan fingerprint density at radius 3 is 2.69 bits per heavy atom. The van der Waals surface area contributed by atoms with Gasteiger partial charge in [0.1, 0.15) is 17.8 Å². The van der Waals surface area contributed by atoms with E-state index in [1.165, 1.54) is 5.56 Å². The fourth-order valence-electron chi connectivity index (χ4n) is 4.03. The lowest BCUT2D eigenvalue weighted by Crippen LogP contribution is -2.46. The smallest absolute Gasteiger partial charge is 0.231 e. The number of benzene rings is 2. The molecule has 0 spiro atoms. The normalized spacial score (nSPS) is 15.6. The zero-order chi connectivity index (χ0) is 21.9. The summed E-state index contributed by atoms with van der Waals surface area (Å²) in [5.74, 6) is 3.69. The van der Waals surface area contributed by atoms with Gasteiger partial charge in [0.25, 0.3) is 0 Å². The molecular weight excluding hydrogens is 408 g/mol. The van der Waals surface area contributed by atoms with Gasteiger partial charge in [0.05, 0.1) is 12.8 Å². The maximum absolute atomic E-state index is 6.45. The lowest BCUT2D eigenvalue weighted by molar-refractivity contribution is 0.174. The van der Waals surface area contributed by atoms with Gasteiger partial charge in [-0.25, -0.2) is 9.97 Å². The maximum Gasteiger partial charge on any atom is 0.231 e. The van der Waals surface area contributed by atoms with Crippen molar-refractivity contribution in [3.05, 3.63) is 54.4 Å². The number of hydrogen-bond acceptors (Lipinski definition) is 9. The van der Waals surface area contributed by atoms with Crippen LogP contribution in [-0.4, -0.2) is 54.9 Å². The zero-order valence-electron chi connectivity index (χ0n) is 18.0. The van der Waals surface area contributed by atoms with Gasteiger partial charge in [0.2, 0.25) is 6.79 Å². The quantitative estimate of drug-likeness (QED) is 0.607. The summed E-state index contributed by atoms with van der Waals surface area (Å²) in [6.07, 6.45) is 1.54. The summed E-state index contributed by atoms with van der Waals surface area (Å²) in [5.41, 5.74) is 9.01. The van der Waals surface area contributed by atoms with Gasteiger partial charge < -0.3 is 30.2 Å². The topological polar surface area (TPSA) is 98.0 Å². The third-order valence-electron chi connectivity index (χ3n) is 5.74. The highest BCUT2D eigenvalue weighted by atomic mass is 16.7. The number of aromatic nitrogens is 2. The van der Waals surface area contributed by atoms with Crippen LogP contribution in [0.1, 0.15) is 5.56 Å². The number of ether oxygens (including phenoxy) is 3. The Morgan fingerprint density at radius 2 is 1.84 bits per heavy atom. The number of piperazine rings is 1. The van der Waals surface area contributed by atoms with Crippen LogP contribution in [0.25, 0.3) is 0 Å². The minimum absolute atomic E-state index is 0.297. The molecule has 0 bridgehead atoms.